The van der Waals surface area contributed by atoms with E-state index >= 15 is 0 Å². The molecule has 0 unspecified atom stereocenters. The SMILES string of the molecule is CCCc1cc(=O)oc2cc(C)cc(OCC(=O)NCCCCCC(=O)O)c12. The minimum Gasteiger partial charge on any atom is -0.483 e. The van der Waals surface area contributed by atoms with Crippen molar-refractivity contribution < 1.29 is 23.8 Å². The van der Waals surface area contributed by atoms with E-state index < -0.39 is 11.6 Å². The van der Waals surface area contributed by atoms with E-state index in [4.69, 9.17) is 14.3 Å². The minimum absolute atomic E-state index is 0.141. The number of hydrogen-bond acceptors (Lipinski definition) is 5. The fourth-order valence-electron chi connectivity index (χ4n) is 3.05. The van der Waals surface area contributed by atoms with Crippen LogP contribution < -0.4 is 15.7 Å². The van der Waals surface area contributed by atoms with Gasteiger partial charge in [0.05, 0.1) is 5.39 Å². The minimum atomic E-state index is -0.805. The summed E-state index contributed by atoms with van der Waals surface area (Å²) >= 11 is 0. The van der Waals surface area contributed by atoms with Crippen molar-refractivity contribution in [1.29, 1.82) is 0 Å². The Balaban J connectivity index is 1.99. The number of aryl methyl sites for hydroxylation is 2. The van der Waals surface area contributed by atoms with Crippen LogP contribution in [0, 0.1) is 6.92 Å². The molecule has 2 N–H and O–H groups in total. The van der Waals surface area contributed by atoms with Crippen molar-refractivity contribution in [3.05, 3.63) is 39.7 Å². The number of amides is 1. The van der Waals surface area contributed by atoms with E-state index in [9.17, 15) is 14.4 Å². The van der Waals surface area contributed by atoms with Gasteiger partial charge in [-0.15, -0.1) is 0 Å². The molecule has 0 spiro atoms. The highest BCUT2D eigenvalue weighted by atomic mass is 16.5. The van der Waals surface area contributed by atoms with Gasteiger partial charge in [0.25, 0.3) is 5.91 Å². The topological polar surface area (TPSA) is 106 Å². The average Bonchev–Trinajstić information content (AvgIpc) is 2.61. The molecule has 0 fully saturated rings. The Bertz CT molecular complexity index is 886. The second-order valence-electron chi connectivity index (χ2n) is 6.82. The van der Waals surface area contributed by atoms with Crippen LogP contribution in [0.1, 0.15) is 50.2 Å². The quantitative estimate of drug-likeness (QED) is 0.452. The van der Waals surface area contributed by atoms with E-state index in [1.54, 1.807) is 6.07 Å². The zero-order valence-electron chi connectivity index (χ0n) is 16.4. The molecular weight excluding hydrogens is 362 g/mol. The number of unbranched alkanes of at least 4 members (excludes halogenated alkanes) is 2. The van der Waals surface area contributed by atoms with Gasteiger partial charge < -0.3 is 19.6 Å². The molecule has 2 aromatic rings. The molecule has 28 heavy (non-hydrogen) atoms. The third-order valence-corrected chi connectivity index (χ3v) is 4.30. The second kappa shape index (κ2) is 10.5. The van der Waals surface area contributed by atoms with Gasteiger partial charge in [-0.3, -0.25) is 9.59 Å². The highest BCUT2D eigenvalue weighted by molar-refractivity contribution is 5.88. The number of carbonyl (C=O) groups is 2. The second-order valence-corrected chi connectivity index (χ2v) is 6.82. The van der Waals surface area contributed by atoms with E-state index in [0.29, 0.717) is 30.7 Å². The number of rotatable bonds is 11. The van der Waals surface area contributed by atoms with Crippen LogP contribution >= 0.6 is 0 Å². The van der Waals surface area contributed by atoms with Crippen LogP contribution in [0.4, 0.5) is 0 Å². The molecule has 1 amide bonds. The van der Waals surface area contributed by atoms with Gasteiger partial charge in [-0.2, -0.15) is 0 Å². The molecule has 0 aliphatic heterocycles. The number of benzene rings is 1. The van der Waals surface area contributed by atoms with Gasteiger partial charge in [-0.25, -0.2) is 4.79 Å². The zero-order chi connectivity index (χ0) is 20.5. The van der Waals surface area contributed by atoms with E-state index in [1.807, 2.05) is 19.9 Å². The highest BCUT2D eigenvalue weighted by Crippen LogP contribution is 2.30. The van der Waals surface area contributed by atoms with Gasteiger partial charge in [-0.05, 0) is 49.4 Å². The van der Waals surface area contributed by atoms with E-state index in [1.165, 1.54) is 6.07 Å². The Morgan fingerprint density at radius 1 is 1.18 bits per heavy atom. The molecule has 7 heteroatoms. The Kier molecular flexibility index (Phi) is 8.04. The normalized spacial score (nSPS) is 10.8. The number of fused-ring (bicyclic) bond motifs is 1. The number of aliphatic carboxylic acids is 1. The molecule has 0 bridgehead atoms. The molecule has 1 aromatic heterocycles. The van der Waals surface area contributed by atoms with Crippen LogP contribution in [0.3, 0.4) is 0 Å². The number of hydrogen-bond donors (Lipinski definition) is 2. The first-order valence-electron chi connectivity index (χ1n) is 9.59. The van der Waals surface area contributed by atoms with E-state index in [2.05, 4.69) is 5.32 Å². The van der Waals surface area contributed by atoms with Gasteiger partial charge in [0.2, 0.25) is 0 Å². The lowest BCUT2D eigenvalue weighted by Gasteiger charge is -2.13. The third kappa shape index (κ3) is 6.40. The van der Waals surface area contributed by atoms with Crippen LogP contribution in [0.2, 0.25) is 0 Å². The maximum Gasteiger partial charge on any atom is 0.336 e. The van der Waals surface area contributed by atoms with E-state index in [0.717, 1.165) is 35.8 Å². The summed E-state index contributed by atoms with van der Waals surface area (Å²) in [6.45, 7) is 4.24. The smallest absolute Gasteiger partial charge is 0.336 e. The summed E-state index contributed by atoms with van der Waals surface area (Å²) < 4.78 is 11.1. The summed E-state index contributed by atoms with van der Waals surface area (Å²) in [6, 6.07) is 5.10. The number of nitrogens with one attached hydrogen (secondary N) is 1. The molecule has 0 aliphatic carbocycles. The predicted molar refractivity (Wildman–Crippen MR) is 106 cm³/mol. The lowest BCUT2D eigenvalue weighted by Crippen LogP contribution is -2.29. The van der Waals surface area contributed by atoms with Crippen molar-refractivity contribution in [3.63, 3.8) is 0 Å². The summed E-state index contributed by atoms with van der Waals surface area (Å²) in [5.41, 5.74) is 1.79. The van der Waals surface area contributed by atoms with Crippen LogP contribution in [0.25, 0.3) is 11.0 Å². The van der Waals surface area contributed by atoms with E-state index in [-0.39, 0.29) is 18.9 Å². The fourth-order valence-corrected chi connectivity index (χ4v) is 3.05. The van der Waals surface area contributed by atoms with Crippen molar-refractivity contribution in [2.75, 3.05) is 13.2 Å². The van der Waals surface area contributed by atoms with Crippen molar-refractivity contribution in [1.82, 2.24) is 5.32 Å². The van der Waals surface area contributed by atoms with Crippen molar-refractivity contribution in [3.8, 4) is 5.75 Å². The molecule has 2 rings (SSSR count). The fraction of sp³-hybridized carbons (Fsp3) is 0.476. The summed E-state index contributed by atoms with van der Waals surface area (Å²) in [6.07, 6.45) is 3.79. The number of carboxylic acid groups (broad SMARTS) is 1. The van der Waals surface area contributed by atoms with Gasteiger partial charge >= 0.3 is 11.6 Å². The molecule has 0 saturated heterocycles. The Morgan fingerprint density at radius 3 is 2.68 bits per heavy atom. The summed E-state index contributed by atoms with van der Waals surface area (Å²) in [5, 5.41) is 12.1. The molecule has 0 saturated carbocycles. The first-order valence-corrected chi connectivity index (χ1v) is 9.59. The number of ether oxygens (including phenoxy) is 1. The Morgan fingerprint density at radius 2 is 1.96 bits per heavy atom. The summed E-state index contributed by atoms with van der Waals surface area (Å²) in [7, 11) is 0. The molecule has 1 heterocycles. The summed E-state index contributed by atoms with van der Waals surface area (Å²) in [4.78, 5) is 34.3. The Hall–Kier alpha value is -2.83. The number of carbonyl (C=O) groups excluding carboxylic acids is 1. The van der Waals surface area contributed by atoms with Gasteiger partial charge in [0, 0.05) is 19.0 Å². The van der Waals surface area contributed by atoms with Crippen LogP contribution in [0.5, 0.6) is 5.75 Å². The van der Waals surface area contributed by atoms with Gasteiger partial charge in [-0.1, -0.05) is 19.8 Å². The monoisotopic (exact) mass is 389 g/mol. The predicted octanol–water partition coefficient (Wildman–Crippen LogP) is 3.19. The maximum atomic E-state index is 12.0. The molecule has 0 aliphatic rings. The lowest BCUT2D eigenvalue weighted by molar-refractivity contribution is -0.137. The standard InChI is InChI=1S/C21H27NO6/c1-3-7-15-12-20(26)28-17-11-14(2)10-16(21(15)17)27-13-18(23)22-9-6-4-5-8-19(24)25/h10-12H,3-9,13H2,1-2H3,(H,22,23)(H,24,25). The Labute approximate surface area is 163 Å². The third-order valence-electron chi connectivity index (χ3n) is 4.30. The molecule has 7 nitrogen and oxygen atoms in total. The largest absolute Gasteiger partial charge is 0.483 e. The number of carboxylic acids is 1. The van der Waals surface area contributed by atoms with Gasteiger partial charge in [0.1, 0.15) is 11.3 Å². The summed E-state index contributed by atoms with van der Waals surface area (Å²) in [5.74, 6) is -0.526. The maximum absolute atomic E-state index is 12.0. The zero-order valence-corrected chi connectivity index (χ0v) is 16.4. The first-order chi connectivity index (χ1) is 13.4. The van der Waals surface area contributed by atoms with Crippen LogP contribution in [-0.4, -0.2) is 30.1 Å². The van der Waals surface area contributed by atoms with Crippen molar-refractivity contribution in [2.24, 2.45) is 0 Å². The van der Waals surface area contributed by atoms with Crippen LogP contribution in [-0.2, 0) is 16.0 Å². The van der Waals surface area contributed by atoms with Crippen LogP contribution in [0.15, 0.2) is 27.4 Å². The van der Waals surface area contributed by atoms with Crippen molar-refractivity contribution >= 4 is 22.8 Å². The molecule has 0 atom stereocenters. The highest BCUT2D eigenvalue weighted by Gasteiger charge is 2.13. The molecular formula is C21H27NO6. The average molecular weight is 389 g/mol. The van der Waals surface area contributed by atoms with Gasteiger partial charge in [0.15, 0.2) is 6.61 Å². The first kappa shape index (κ1) is 21.5. The molecule has 0 radical (unpaired) electrons. The molecule has 1 aromatic carbocycles. The van der Waals surface area contributed by atoms with Crippen molar-refractivity contribution in [2.45, 2.75) is 52.4 Å². The molecule has 152 valence electrons. The lowest BCUT2D eigenvalue weighted by atomic mass is 10.0.